The van der Waals surface area contributed by atoms with E-state index in [4.69, 9.17) is 9.47 Å². The van der Waals surface area contributed by atoms with E-state index in [0.29, 0.717) is 26.3 Å². The highest BCUT2D eigenvalue weighted by atomic mass is 16.6. The number of aliphatic hydroxyl groups is 1. The summed E-state index contributed by atoms with van der Waals surface area (Å²) < 4.78 is 11.2. The molecule has 1 aromatic rings. The zero-order chi connectivity index (χ0) is 16.9. The number of hydrogen-bond donors (Lipinski definition) is 1. The minimum Gasteiger partial charge on any atom is -0.444 e. The van der Waals surface area contributed by atoms with Crippen LogP contribution in [0.25, 0.3) is 0 Å². The van der Waals surface area contributed by atoms with E-state index in [9.17, 15) is 9.90 Å². The summed E-state index contributed by atoms with van der Waals surface area (Å²) in [4.78, 5) is 13.8. The summed E-state index contributed by atoms with van der Waals surface area (Å²) >= 11 is 0. The van der Waals surface area contributed by atoms with Gasteiger partial charge in [-0.25, -0.2) is 4.79 Å². The molecule has 0 aromatic heterocycles. The van der Waals surface area contributed by atoms with Gasteiger partial charge in [0.2, 0.25) is 0 Å². The van der Waals surface area contributed by atoms with Crippen LogP contribution in [0, 0.1) is 5.41 Å². The highest BCUT2D eigenvalue weighted by molar-refractivity contribution is 5.68. The summed E-state index contributed by atoms with van der Waals surface area (Å²) in [6.07, 6.45) is 0.397. The van der Waals surface area contributed by atoms with Gasteiger partial charge < -0.3 is 19.5 Å². The van der Waals surface area contributed by atoms with E-state index in [-0.39, 0.29) is 12.7 Å². The van der Waals surface area contributed by atoms with E-state index in [2.05, 4.69) is 0 Å². The van der Waals surface area contributed by atoms with Gasteiger partial charge >= 0.3 is 6.09 Å². The third kappa shape index (κ3) is 5.22. The Balaban J connectivity index is 1.86. The molecule has 23 heavy (non-hydrogen) atoms. The van der Waals surface area contributed by atoms with Crippen LogP contribution in [-0.2, 0) is 16.1 Å². The molecule has 128 valence electrons. The number of ether oxygens (including phenoxy) is 2. The predicted octanol–water partition coefficient (Wildman–Crippen LogP) is 2.82. The van der Waals surface area contributed by atoms with Crippen molar-refractivity contribution in [2.24, 2.45) is 5.41 Å². The Bertz CT molecular complexity index is 512. The highest BCUT2D eigenvalue weighted by Gasteiger charge is 2.41. The van der Waals surface area contributed by atoms with Crippen LogP contribution in [0.1, 0.15) is 32.8 Å². The summed E-state index contributed by atoms with van der Waals surface area (Å²) in [5, 5.41) is 9.79. The molecule has 0 saturated carbocycles. The maximum Gasteiger partial charge on any atom is 0.410 e. The molecule has 1 N–H and O–H groups in total. The quantitative estimate of drug-likeness (QED) is 0.906. The van der Waals surface area contributed by atoms with Crippen LogP contribution >= 0.6 is 0 Å². The van der Waals surface area contributed by atoms with Gasteiger partial charge in [0.1, 0.15) is 5.60 Å². The Morgan fingerprint density at radius 2 is 2.00 bits per heavy atom. The van der Waals surface area contributed by atoms with Crippen LogP contribution in [0.4, 0.5) is 4.79 Å². The molecule has 1 heterocycles. The van der Waals surface area contributed by atoms with Gasteiger partial charge in [0.15, 0.2) is 0 Å². The van der Waals surface area contributed by atoms with Gasteiger partial charge in [-0.05, 0) is 32.8 Å². The van der Waals surface area contributed by atoms with Crippen molar-refractivity contribution in [2.75, 3.05) is 26.3 Å². The third-order valence-corrected chi connectivity index (χ3v) is 3.95. The van der Waals surface area contributed by atoms with E-state index >= 15 is 0 Å². The lowest BCUT2D eigenvalue weighted by molar-refractivity contribution is -0.00235. The highest BCUT2D eigenvalue weighted by Crippen LogP contribution is 2.31. The lowest BCUT2D eigenvalue weighted by atomic mass is 9.89. The van der Waals surface area contributed by atoms with Crippen molar-refractivity contribution in [3.8, 4) is 0 Å². The average Bonchev–Trinajstić information content (AvgIpc) is 2.92. The molecule has 0 radical (unpaired) electrons. The van der Waals surface area contributed by atoms with Crippen molar-refractivity contribution in [3.05, 3.63) is 35.9 Å². The number of amides is 1. The van der Waals surface area contributed by atoms with Crippen molar-refractivity contribution < 1.29 is 19.4 Å². The number of nitrogens with zero attached hydrogens (tertiary/aromatic N) is 1. The Hall–Kier alpha value is -1.59. The molecule has 1 aliphatic rings. The number of likely N-dealkylation sites (tertiary alicyclic amines) is 1. The second kappa shape index (κ2) is 7.32. The molecule has 1 fully saturated rings. The normalized spacial score (nSPS) is 21.5. The van der Waals surface area contributed by atoms with Crippen LogP contribution in [0.5, 0.6) is 0 Å². The fourth-order valence-electron chi connectivity index (χ4n) is 2.67. The molecule has 1 aromatic carbocycles. The zero-order valence-corrected chi connectivity index (χ0v) is 14.2. The first-order valence-electron chi connectivity index (χ1n) is 8.04. The van der Waals surface area contributed by atoms with Crippen LogP contribution < -0.4 is 0 Å². The standard InChI is InChI=1S/C18H27NO4/c1-17(2,3)23-16(21)19-10-9-18(12-19,13-20)14-22-11-15-7-5-4-6-8-15/h4-8,20H,9-14H2,1-3H3/t18-/m0/s1. The number of hydrogen-bond acceptors (Lipinski definition) is 4. The topological polar surface area (TPSA) is 59.0 Å². The molecule has 1 aliphatic heterocycles. The summed E-state index contributed by atoms with van der Waals surface area (Å²) in [5.74, 6) is 0. The first kappa shape index (κ1) is 17.8. The first-order valence-corrected chi connectivity index (χ1v) is 8.04. The van der Waals surface area contributed by atoms with Gasteiger partial charge in [0.05, 0.1) is 19.8 Å². The van der Waals surface area contributed by atoms with Gasteiger partial charge in [-0.1, -0.05) is 30.3 Å². The van der Waals surface area contributed by atoms with E-state index < -0.39 is 11.0 Å². The van der Waals surface area contributed by atoms with Gasteiger partial charge in [-0.2, -0.15) is 0 Å². The summed E-state index contributed by atoms with van der Waals surface area (Å²) in [6.45, 7) is 7.54. The van der Waals surface area contributed by atoms with Gasteiger partial charge in [0, 0.05) is 18.5 Å². The summed E-state index contributed by atoms with van der Waals surface area (Å²) in [5.41, 5.74) is 0.194. The fourth-order valence-corrected chi connectivity index (χ4v) is 2.67. The number of rotatable bonds is 5. The molecule has 5 heteroatoms. The number of benzene rings is 1. The fraction of sp³-hybridized carbons (Fsp3) is 0.611. The minimum atomic E-state index is -0.509. The second-order valence-corrected chi connectivity index (χ2v) is 7.29. The van der Waals surface area contributed by atoms with Crippen molar-refractivity contribution in [3.63, 3.8) is 0 Å². The first-order chi connectivity index (χ1) is 10.8. The maximum atomic E-state index is 12.1. The van der Waals surface area contributed by atoms with Crippen molar-refractivity contribution in [1.82, 2.24) is 4.90 Å². The van der Waals surface area contributed by atoms with Crippen LogP contribution in [0.2, 0.25) is 0 Å². The lowest BCUT2D eigenvalue weighted by Crippen LogP contribution is -2.39. The molecule has 1 saturated heterocycles. The molecule has 0 unspecified atom stereocenters. The van der Waals surface area contributed by atoms with E-state index in [1.165, 1.54) is 0 Å². The van der Waals surface area contributed by atoms with Crippen LogP contribution in [0.3, 0.4) is 0 Å². The largest absolute Gasteiger partial charge is 0.444 e. The Kier molecular flexibility index (Phi) is 5.65. The Morgan fingerprint density at radius 3 is 2.61 bits per heavy atom. The average molecular weight is 321 g/mol. The van der Waals surface area contributed by atoms with Gasteiger partial charge in [-0.3, -0.25) is 0 Å². The van der Waals surface area contributed by atoms with E-state index in [1.807, 2.05) is 51.1 Å². The molecule has 1 atom stereocenters. The SMILES string of the molecule is CC(C)(C)OC(=O)N1CC[C@](CO)(COCc2ccccc2)C1. The van der Waals surface area contributed by atoms with Crippen LogP contribution in [-0.4, -0.2) is 48.0 Å². The molecular weight excluding hydrogens is 294 g/mol. The molecule has 0 aliphatic carbocycles. The molecule has 0 bridgehead atoms. The molecule has 2 rings (SSSR count). The molecular formula is C18H27NO4. The third-order valence-electron chi connectivity index (χ3n) is 3.95. The Labute approximate surface area is 138 Å². The monoisotopic (exact) mass is 321 g/mol. The smallest absolute Gasteiger partial charge is 0.410 e. The lowest BCUT2D eigenvalue weighted by Gasteiger charge is -2.28. The number of aliphatic hydroxyl groups excluding tert-OH is 1. The van der Waals surface area contributed by atoms with Gasteiger partial charge in [0.25, 0.3) is 0 Å². The minimum absolute atomic E-state index is 0.00108. The number of carbonyl (C=O) groups is 1. The summed E-state index contributed by atoms with van der Waals surface area (Å²) in [6, 6.07) is 9.93. The zero-order valence-electron chi connectivity index (χ0n) is 14.2. The van der Waals surface area contributed by atoms with Gasteiger partial charge in [-0.15, -0.1) is 0 Å². The molecule has 0 spiro atoms. The Morgan fingerprint density at radius 1 is 1.30 bits per heavy atom. The van der Waals surface area contributed by atoms with Crippen LogP contribution in [0.15, 0.2) is 30.3 Å². The van der Waals surface area contributed by atoms with Crippen molar-refractivity contribution in [1.29, 1.82) is 0 Å². The predicted molar refractivity (Wildman–Crippen MR) is 88.0 cm³/mol. The van der Waals surface area contributed by atoms with E-state index in [1.54, 1.807) is 4.90 Å². The maximum absolute atomic E-state index is 12.1. The molecule has 1 amide bonds. The van der Waals surface area contributed by atoms with Crippen molar-refractivity contribution in [2.45, 2.75) is 39.4 Å². The van der Waals surface area contributed by atoms with Crippen molar-refractivity contribution >= 4 is 6.09 Å². The second-order valence-electron chi connectivity index (χ2n) is 7.29. The molecule has 5 nitrogen and oxygen atoms in total. The number of carbonyl (C=O) groups excluding carboxylic acids is 1. The van der Waals surface area contributed by atoms with E-state index in [0.717, 1.165) is 12.0 Å². The summed E-state index contributed by atoms with van der Waals surface area (Å²) in [7, 11) is 0.